The lowest BCUT2D eigenvalue weighted by atomic mass is 10.4. The van der Waals surface area contributed by atoms with Crippen LogP contribution < -0.4 is 10.6 Å². The fraction of sp³-hybridized carbons (Fsp3) is 0.600. The average molecular weight is 227 g/mol. The van der Waals surface area contributed by atoms with Crippen molar-refractivity contribution in [2.75, 3.05) is 13.1 Å². The summed E-state index contributed by atoms with van der Waals surface area (Å²) < 4.78 is 0. The van der Waals surface area contributed by atoms with Crippen molar-refractivity contribution in [2.24, 2.45) is 0 Å². The second-order valence-corrected chi connectivity index (χ2v) is 4.54. The Morgan fingerprint density at radius 3 is 3.00 bits per heavy atom. The molecule has 84 valence electrons. The van der Waals surface area contributed by atoms with Gasteiger partial charge in [-0.15, -0.1) is 11.3 Å². The van der Waals surface area contributed by atoms with E-state index in [9.17, 15) is 4.79 Å². The van der Waals surface area contributed by atoms with E-state index in [1.807, 2.05) is 19.2 Å². The highest BCUT2D eigenvalue weighted by Gasteiger charge is 2.02. The fourth-order valence-corrected chi connectivity index (χ4v) is 1.67. The molecule has 1 rings (SSSR count). The van der Waals surface area contributed by atoms with Crippen LogP contribution in [-0.4, -0.2) is 30.0 Å². The number of aromatic nitrogens is 1. The van der Waals surface area contributed by atoms with Gasteiger partial charge in [-0.3, -0.25) is 4.79 Å². The molecular weight excluding hydrogens is 210 g/mol. The zero-order valence-electron chi connectivity index (χ0n) is 9.12. The second-order valence-electron chi connectivity index (χ2n) is 3.56. The van der Waals surface area contributed by atoms with Crippen molar-refractivity contribution in [3.8, 4) is 0 Å². The molecule has 1 amide bonds. The predicted octanol–water partition coefficient (Wildman–Crippen LogP) is 0.800. The fourth-order valence-electron chi connectivity index (χ4n) is 1.04. The molecule has 0 radical (unpaired) electrons. The summed E-state index contributed by atoms with van der Waals surface area (Å²) in [6.45, 7) is 5.08. The first kappa shape index (κ1) is 12.1. The summed E-state index contributed by atoms with van der Waals surface area (Å²) in [5.41, 5.74) is 0. The smallest absolute Gasteiger partial charge is 0.233 e. The van der Waals surface area contributed by atoms with Gasteiger partial charge in [0.2, 0.25) is 5.91 Å². The minimum absolute atomic E-state index is 0.0419. The molecule has 0 spiro atoms. The van der Waals surface area contributed by atoms with E-state index < -0.39 is 0 Å². The minimum atomic E-state index is 0.0419. The van der Waals surface area contributed by atoms with E-state index in [1.165, 1.54) is 0 Å². The highest BCUT2D eigenvalue weighted by atomic mass is 32.1. The molecular formula is C10H17N3OS. The molecule has 0 aliphatic carbocycles. The number of thiazole rings is 1. The van der Waals surface area contributed by atoms with Gasteiger partial charge < -0.3 is 10.6 Å². The van der Waals surface area contributed by atoms with Gasteiger partial charge in [0.1, 0.15) is 0 Å². The number of carbonyl (C=O) groups excluding carboxylic acids is 1. The summed E-state index contributed by atoms with van der Waals surface area (Å²) in [5.74, 6) is 0.0419. The van der Waals surface area contributed by atoms with Gasteiger partial charge in [-0.05, 0) is 0 Å². The molecule has 0 bridgehead atoms. The Morgan fingerprint density at radius 1 is 1.60 bits per heavy atom. The summed E-state index contributed by atoms with van der Waals surface area (Å²) in [6.07, 6.45) is 2.59. The third-order valence-electron chi connectivity index (χ3n) is 1.82. The number of nitrogens with zero attached hydrogens (tertiary/aromatic N) is 1. The SMILES string of the molecule is CC(C)NCC(=O)NCCc1nccs1. The Hall–Kier alpha value is -0.940. The largest absolute Gasteiger partial charge is 0.355 e. The van der Waals surface area contributed by atoms with Crippen LogP contribution in [0.15, 0.2) is 11.6 Å². The van der Waals surface area contributed by atoms with E-state index in [1.54, 1.807) is 17.5 Å². The lowest BCUT2D eigenvalue weighted by molar-refractivity contribution is -0.120. The molecule has 0 aliphatic heterocycles. The Bertz CT molecular complexity index is 285. The van der Waals surface area contributed by atoms with Crippen molar-refractivity contribution in [2.45, 2.75) is 26.3 Å². The lowest BCUT2D eigenvalue weighted by Crippen LogP contribution is -2.37. The van der Waals surface area contributed by atoms with Gasteiger partial charge in [-0.1, -0.05) is 13.8 Å². The monoisotopic (exact) mass is 227 g/mol. The van der Waals surface area contributed by atoms with E-state index in [0.29, 0.717) is 19.1 Å². The van der Waals surface area contributed by atoms with Crippen LogP contribution in [0.2, 0.25) is 0 Å². The summed E-state index contributed by atoms with van der Waals surface area (Å²) in [7, 11) is 0. The van der Waals surface area contributed by atoms with E-state index in [-0.39, 0.29) is 5.91 Å². The number of nitrogens with one attached hydrogen (secondary N) is 2. The van der Waals surface area contributed by atoms with E-state index in [0.717, 1.165) is 11.4 Å². The maximum absolute atomic E-state index is 11.3. The molecule has 0 saturated carbocycles. The van der Waals surface area contributed by atoms with Gasteiger partial charge in [-0.2, -0.15) is 0 Å². The molecule has 15 heavy (non-hydrogen) atoms. The Morgan fingerprint density at radius 2 is 2.40 bits per heavy atom. The van der Waals surface area contributed by atoms with Crippen LogP contribution in [0.3, 0.4) is 0 Å². The average Bonchev–Trinajstić information content (AvgIpc) is 2.67. The molecule has 0 saturated heterocycles. The maximum Gasteiger partial charge on any atom is 0.233 e. The Balaban J connectivity index is 2.07. The molecule has 4 nitrogen and oxygen atoms in total. The number of hydrogen-bond acceptors (Lipinski definition) is 4. The van der Waals surface area contributed by atoms with Crippen molar-refractivity contribution in [3.05, 3.63) is 16.6 Å². The second kappa shape index (κ2) is 6.53. The molecule has 1 heterocycles. The van der Waals surface area contributed by atoms with E-state index in [4.69, 9.17) is 0 Å². The van der Waals surface area contributed by atoms with Crippen LogP contribution in [0.25, 0.3) is 0 Å². The standard InChI is InChI=1S/C10H17N3OS/c1-8(2)13-7-9(14)11-4-3-10-12-5-6-15-10/h5-6,8,13H,3-4,7H2,1-2H3,(H,11,14). The quantitative estimate of drug-likeness (QED) is 0.756. The highest BCUT2D eigenvalue weighted by molar-refractivity contribution is 7.09. The predicted molar refractivity (Wildman–Crippen MR) is 62.0 cm³/mol. The molecule has 5 heteroatoms. The third-order valence-corrected chi connectivity index (χ3v) is 2.65. The highest BCUT2D eigenvalue weighted by Crippen LogP contribution is 2.03. The van der Waals surface area contributed by atoms with Crippen LogP contribution in [0.1, 0.15) is 18.9 Å². The minimum Gasteiger partial charge on any atom is -0.355 e. The summed E-state index contributed by atoms with van der Waals surface area (Å²) >= 11 is 1.61. The van der Waals surface area contributed by atoms with E-state index in [2.05, 4.69) is 15.6 Å². The van der Waals surface area contributed by atoms with Crippen LogP contribution >= 0.6 is 11.3 Å². The zero-order valence-corrected chi connectivity index (χ0v) is 9.93. The summed E-state index contributed by atoms with van der Waals surface area (Å²) in [4.78, 5) is 15.4. The molecule has 1 aromatic rings. The Labute approximate surface area is 94.1 Å². The zero-order chi connectivity index (χ0) is 11.1. The van der Waals surface area contributed by atoms with Crippen molar-refractivity contribution in [1.82, 2.24) is 15.6 Å². The molecule has 0 fully saturated rings. The lowest BCUT2D eigenvalue weighted by Gasteiger charge is -2.08. The van der Waals surface area contributed by atoms with Crippen LogP contribution in [0, 0.1) is 0 Å². The van der Waals surface area contributed by atoms with Crippen LogP contribution in [0.4, 0.5) is 0 Å². The molecule has 0 atom stereocenters. The van der Waals surface area contributed by atoms with Crippen LogP contribution in [0.5, 0.6) is 0 Å². The number of hydrogen-bond donors (Lipinski definition) is 2. The van der Waals surface area contributed by atoms with Gasteiger partial charge in [-0.25, -0.2) is 4.98 Å². The number of rotatable bonds is 6. The molecule has 0 unspecified atom stereocenters. The first-order valence-corrected chi connectivity index (χ1v) is 5.95. The van der Waals surface area contributed by atoms with Crippen molar-refractivity contribution >= 4 is 17.2 Å². The number of carbonyl (C=O) groups is 1. The molecule has 1 aromatic heterocycles. The van der Waals surface area contributed by atoms with Gasteiger partial charge in [0.25, 0.3) is 0 Å². The summed E-state index contributed by atoms with van der Waals surface area (Å²) in [5, 5.41) is 8.91. The Kier molecular flexibility index (Phi) is 5.28. The van der Waals surface area contributed by atoms with Crippen molar-refractivity contribution in [3.63, 3.8) is 0 Å². The molecule has 2 N–H and O–H groups in total. The van der Waals surface area contributed by atoms with Gasteiger partial charge >= 0.3 is 0 Å². The topological polar surface area (TPSA) is 54.0 Å². The normalized spacial score (nSPS) is 10.6. The third kappa shape index (κ3) is 5.49. The summed E-state index contributed by atoms with van der Waals surface area (Å²) in [6, 6.07) is 0.342. The van der Waals surface area contributed by atoms with Crippen molar-refractivity contribution in [1.29, 1.82) is 0 Å². The maximum atomic E-state index is 11.3. The number of amides is 1. The van der Waals surface area contributed by atoms with Gasteiger partial charge in [0.05, 0.1) is 11.6 Å². The van der Waals surface area contributed by atoms with Gasteiger partial charge in [0.15, 0.2) is 0 Å². The first-order chi connectivity index (χ1) is 7.18. The molecule has 0 aliphatic rings. The van der Waals surface area contributed by atoms with Gasteiger partial charge in [0, 0.05) is 30.6 Å². The molecule has 0 aromatic carbocycles. The van der Waals surface area contributed by atoms with Crippen LogP contribution in [-0.2, 0) is 11.2 Å². The van der Waals surface area contributed by atoms with E-state index >= 15 is 0 Å². The first-order valence-electron chi connectivity index (χ1n) is 5.07. The van der Waals surface area contributed by atoms with Crippen molar-refractivity contribution < 1.29 is 4.79 Å².